The number of aromatic nitrogens is 2. The third-order valence-electron chi connectivity index (χ3n) is 6.00. The van der Waals surface area contributed by atoms with Gasteiger partial charge in [-0.1, -0.05) is 32.9 Å². The minimum Gasteiger partial charge on any atom is -0.366 e. The Bertz CT molecular complexity index is 1080. The standard InChI is InChI=1S/C24H28N4O/c1-15-7-8-17(22(25)29)13-20(15)16-9-10-19-18(12-16)14-26-27-23(19)28-11-5-6-21(28)24(2,3)4/h7-10,12-14,21H,5-6,11H2,1-4H3,(H2,25,29)/t21-/m0/s1. The number of nitrogens with two attached hydrogens (primary N) is 1. The van der Waals surface area contributed by atoms with Crippen LogP contribution in [0.25, 0.3) is 21.9 Å². The molecule has 2 aromatic carbocycles. The molecule has 29 heavy (non-hydrogen) atoms. The monoisotopic (exact) mass is 388 g/mol. The number of rotatable bonds is 3. The number of anilines is 1. The highest BCUT2D eigenvalue weighted by atomic mass is 16.1. The third kappa shape index (κ3) is 3.57. The lowest BCUT2D eigenvalue weighted by Gasteiger charge is -2.36. The summed E-state index contributed by atoms with van der Waals surface area (Å²) in [6.45, 7) is 9.93. The Labute approximate surface area is 171 Å². The van der Waals surface area contributed by atoms with E-state index in [-0.39, 0.29) is 5.41 Å². The summed E-state index contributed by atoms with van der Waals surface area (Å²) in [7, 11) is 0. The van der Waals surface area contributed by atoms with Crippen LogP contribution in [0.5, 0.6) is 0 Å². The normalized spacial score (nSPS) is 17.1. The maximum Gasteiger partial charge on any atom is 0.248 e. The minimum atomic E-state index is -0.414. The molecular formula is C24H28N4O. The summed E-state index contributed by atoms with van der Waals surface area (Å²) in [6.07, 6.45) is 4.17. The summed E-state index contributed by atoms with van der Waals surface area (Å²) in [5, 5.41) is 11.0. The van der Waals surface area contributed by atoms with Crippen molar-refractivity contribution >= 4 is 22.5 Å². The molecule has 1 amide bonds. The van der Waals surface area contributed by atoms with E-state index in [0.717, 1.165) is 39.8 Å². The molecule has 5 nitrogen and oxygen atoms in total. The van der Waals surface area contributed by atoms with Crippen LogP contribution in [0.2, 0.25) is 0 Å². The van der Waals surface area contributed by atoms with Gasteiger partial charge < -0.3 is 10.6 Å². The molecule has 0 unspecified atom stereocenters. The highest BCUT2D eigenvalue weighted by Crippen LogP contribution is 2.38. The Balaban J connectivity index is 1.80. The van der Waals surface area contributed by atoms with Gasteiger partial charge in [-0.05, 0) is 66.1 Å². The number of hydrogen-bond donors (Lipinski definition) is 1. The number of amides is 1. The second kappa shape index (κ2) is 7.14. The van der Waals surface area contributed by atoms with E-state index in [9.17, 15) is 4.79 Å². The van der Waals surface area contributed by atoms with Crippen molar-refractivity contribution in [2.24, 2.45) is 11.1 Å². The SMILES string of the molecule is Cc1ccc(C(N)=O)cc1-c1ccc2c(N3CCC[C@H]3C(C)(C)C)nncc2c1. The zero-order valence-corrected chi connectivity index (χ0v) is 17.6. The molecule has 0 radical (unpaired) electrons. The van der Waals surface area contributed by atoms with Gasteiger partial charge in [-0.15, -0.1) is 5.10 Å². The van der Waals surface area contributed by atoms with Crippen molar-refractivity contribution in [3.63, 3.8) is 0 Å². The molecule has 1 atom stereocenters. The Kier molecular flexibility index (Phi) is 4.77. The van der Waals surface area contributed by atoms with Crippen molar-refractivity contribution < 1.29 is 4.79 Å². The van der Waals surface area contributed by atoms with Crippen LogP contribution in [0.15, 0.2) is 42.6 Å². The largest absolute Gasteiger partial charge is 0.366 e. The summed E-state index contributed by atoms with van der Waals surface area (Å²) in [5.41, 5.74) is 9.34. The maximum absolute atomic E-state index is 11.6. The summed E-state index contributed by atoms with van der Waals surface area (Å²) >= 11 is 0. The van der Waals surface area contributed by atoms with Crippen LogP contribution in [0, 0.1) is 12.3 Å². The number of fused-ring (bicyclic) bond motifs is 1. The van der Waals surface area contributed by atoms with Crippen LogP contribution in [0.1, 0.15) is 49.5 Å². The zero-order valence-electron chi connectivity index (χ0n) is 17.6. The van der Waals surface area contributed by atoms with Crippen LogP contribution in [-0.4, -0.2) is 28.7 Å². The van der Waals surface area contributed by atoms with E-state index in [1.807, 2.05) is 25.3 Å². The molecule has 150 valence electrons. The van der Waals surface area contributed by atoms with Crippen molar-refractivity contribution in [2.75, 3.05) is 11.4 Å². The first-order valence-electron chi connectivity index (χ1n) is 10.2. The van der Waals surface area contributed by atoms with E-state index in [1.54, 1.807) is 6.07 Å². The number of primary amides is 1. The number of benzene rings is 2. The molecule has 1 fully saturated rings. The van der Waals surface area contributed by atoms with Gasteiger partial charge in [0.05, 0.1) is 6.20 Å². The smallest absolute Gasteiger partial charge is 0.248 e. The van der Waals surface area contributed by atoms with Crippen molar-refractivity contribution in [1.29, 1.82) is 0 Å². The molecular weight excluding hydrogens is 360 g/mol. The highest BCUT2D eigenvalue weighted by Gasteiger charge is 2.35. The molecule has 4 rings (SSSR count). The lowest BCUT2D eigenvalue weighted by Crippen LogP contribution is -2.40. The first kappa shape index (κ1) is 19.4. The molecule has 2 N–H and O–H groups in total. The topological polar surface area (TPSA) is 72.1 Å². The van der Waals surface area contributed by atoms with Gasteiger partial charge >= 0.3 is 0 Å². The first-order chi connectivity index (χ1) is 13.8. The molecule has 1 aromatic heterocycles. The average molecular weight is 389 g/mol. The molecule has 3 aromatic rings. The maximum atomic E-state index is 11.6. The number of nitrogens with zero attached hydrogens (tertiary/aromatic N) is 3. The van der Waals surface area contributed by atoms with Crippen LogP contribution in [0.3, 0.4) is 0 Å². The zero-order chi connectivity index (χ0) is 20.8. The predicted octanol–water partition coefficient (Wildman–Crippen LogP) is 4.72. The highest BCUT2D eigenvalue weighted by molar-refractivity contribution is 5.97. The average Bonchev–Trinajstić information content (AvgIpc) is 3.17. The molecule has 2 heterocycles. The summed E-state index contributed by atoms with van der Waals surface area (Å²) in [6, 6.07) is 12.4. The van der Waals surface area contributed by atoms with Gasteiger partial charge in [0.2, 0.25) is 5.91 Å². The second-order valence-electron chi connectivity index (χ2n) is 9.08. The van der Waals surface area contributed by atoms with Crippen LogP contribution < -0.4 is 10.6 Å². The van der Waals surface area contributed by atoms with Crippen molar-refractivity contribution in [2.45, 2.75) is 46.6 Å². The molecule has 0 saturated carbocycles. The summed E-state index contributed by atoms with van der Waals surface area (Å²) in [5.74, 6) is 0.552. The van der Waals surface area contributed by atoms with Crippen LogP contribution >= 0.6 is 0 Å². The Hall–Kier alpha value is -2.95. The quantitative estimate of drug-likeness (QED) is 0.705. The first-order valence-corrected chi connectivity index (χ1v) is 10.2. The molecule has 1 saturated heterocycles. The number of carbonyl (C=O) groups excluding carboxylic acids is 1. The number of aryl methyl sites for hydroxylation is 1. The van der Waals surface area contributed by atoms with Gasteiger partial charge in [0.15, 0.2) is 5.82 Å². The van der Waals surface area contributed by atoms with E-state index in [0.29, 0.717) is 11.6 Å². The van der Waals surface area contributed by atoms with Gasteiger partial charge in [-0.2, -0.15) is 5.10 Å². The lowest BCUT2D eigenvalue weighted by molar-refractivity contribution is 0.100. The van der Waals surface area contributed by atoms with E-state index in [1.165, 1.54) is 12.8 Å². The second-order valence-corrected chi connectivity index (χ2v) is 9.08. The lowest BCUT2D eigenvalue weighted by atomic mass is 9.85. The number of hydrogen-bond acceptors (Lipinski definition) is 4. The van der Waals surface area contributed by atoms with E-state index in [2.05, 4.69) is 54.1 Å². The van der Waals surface area contributed by atoms with Crippen LogP contribution in [-0.2, 0) is 0 Å². The number of carbonyl (C=O) groups is 1. The Morgan fingerprint density at radius 3 is 2.69 bits per heavy atom. The third-order valence-corrected chi connectivity index (χ3v) is 6.00. The minimum absolute atomic E-state index is 0.187. The van der Waals surface area contributed by atoms with Crippen molar-refractivity contribution in [1.82, 2.24) is 10.2 Å². The Morgan fingerprint density at radius 1 is 1.17 bits per heavy atom. The Morgan fingerprint density at radius 2 is 1.97 bits per heavy atom. The van der Waals surface area contributed by atoms with E-state index >= 15 is 0 Å². The summed E-state index contributed by atoms with van der Waals surface area (Å²) in [4.78, 5) is 14.0. The van der Waals surface area contributed by atoms with Crippen LogP contribution in [0.4, 0.5) is 5.82 Å². The van der Waals surface area contributed by atoms with Gasteiger partial charge in [0, 0.05) is 28.9 Å². The van der Waals surface area contributed by atoms with Crippen molar-refractivity contribution in [3.05, 3.63) is 53.7 Å². The van der Waals surface area contributed by atoms with E-state index in [4.69, 9.17) is 5.73 Å². The molecule has 0 spiro atoms. The molecule has 0 aliphatic carbocycles. The van der Waals surface area contributed by atoms with Gasteiger partial charge in [0.1, 0.15) is 0 Å². The molecule has 1 aliphatic rings. The molecule has 5 heteroatoms. The summed E-state index contributed by atoms with van der Waals surface area (Å²) < 4.78 is 0. The fraction of sp³-hybridized carbons (Fsp3) is 0.375. The molecule has 0 bridgehead atoms. The van der Waals surface area contributed by atoms with Crippen molar-refractivity contribution in [3.8, 4) is 11.1 Å². The van der Waals surface area contributed by atoms with Gasteiger partial charge in [0.25, 0.3) is 0 Å². The fourth-order valence-corrected chi connectivity index (χ4v) is 4.46. The van der Waals surface area contributed by atoms with Gasteiger partial charge in [-0.3, -0.25) is 4.79 Å². The molecule has 1 aliphatic heterocycles. The predicted molar refractivity (Wildman–Crippen MR) is 118 cm³/mol. The van der Waals surface area contributed by atoms with Gasteiger partial charge in [-0.25, -0.2) is 0 Å². The fourth-order valence-electron chi connectivity index (χ4n) is 4.46. The van der Waals surface area contributed by atoms with E-state index < -0.39 is 5.91 Å².